The third-order valence-electron chi connectivity index (χ3n) is 5.04. The van der Waals surface area contributed by atoms with E-state index in [9.17, 15) is 0 Å². The number of piperidine rings is 1. The third-order valence-corrected chi connectivity index (χ3v) is 5.04. The monoisotopic (exact) mass is 265 g/mol. The van der Waals surface area contributed by atoms with Crippen LogP contribution in [0.2, 0.25) is 0 Å². The lowest BCUT2D eigenvalue weighted by atomic mass is 10.1. The Morgan fingerprint density at radius 1 is 0.947 bits per heavy atom. The van der Waals surface area contributed by atoms with Crippen LogP contribution in [0.3, 0.4) is 0 Å². The number of rotatable bonds is 7. The molecular weight excluding hydrogens is 234 g/mol. The van der Waals surface area contributed by atoms with Gasteiger partial charge < -0.3 is 15.1 Å². The lowest BCUT2D eigenvalue weighted by molar-refractivity contribution is 0.170. The van der Waals surface area contributed by atoms with E-state index in [1.807, 2.05) is 0 Å². The van der Waals surface area contributed by atoms with Gasteiger partial charge in [0, 0.05) is 32.2 Å². The van der Waals surface area contributed by atoms with Crippen molar-refractivity contribution in [3.63, 3.8) is 0 Å². The zero-order valence-corrected chi connectivity index (χ0v) is 12.4. The Morgan fingerprint density at radius 2 is 1.79 bits per heavy atom. The normalized spacial score (nSPS) is 29.2. The van der Waals surface area contributed by atoms with Gasteiger partial charge in [0.2, 0.25) is 0 Å². The van der Waals surface area contributed by atoms with Gasteiger partial charge in [-0.25, -0.2) is 0 Å². The van der Waals surface area contributed by atoms with Crippen molar-refractivity contribution in [1.29, 1.82) is 0 Å². The first-order valence-electron chi connectivity index (χ1n) is 8.58. The van der Waals surface area contributed by atoms with Crippen LogP contribution < -0.4 is 5.32 Å². The van der Waals surface area contributed by atoms with Crippen LogP contribution in [0.15, 0.2) is 0 Å². The van der Waals surface area contributed by atoms with Gasteiger partial charge in [-0.2, -0.15) is 0 Å². The Morgan fingerprint density at radius 3 is 2.47 bits per heavy atom. The van der Waals surface area contributed by atoms with Crippen molar-refractivity contribution in [2.24, 2.45) is 5.92 Å². The molecule has 0 bridgehead atoms. The van der Waals surface area contributed by atoms with E-state index in [1.165, 1.54) is 90.8 Å². The molecule has 3 nitrogen and oxygen atoms in total. The van der Waals surface area contributed by atoms with E-state index in [2.05, 4.69) is 15.1 Å². The first-order chi connectivity index (χ1) is 9.40. The SMILES string of the molecule is C1CCN(CCN(CC2CC2)CC2CCCN2)CC1. The molecule has 0 amide bonds. The van der Waals surface area contributed by atoms with E-state index in [0.29, 0.717) is 0 Å². The van der Waals surface area contributed by atoms with Crippen LogP contribution >= 0.6 is 0 Å². The van der Waals surface area contributed by atoms with Crippen LogP contribution in [-0.4, -0.2) is 61.7 Å². The van der Waals surface area contributed by atoms with E-state index in [0.717, 1.165) is 12.0 Å². The predicted molar refractivity (Wildman–Crippen MR) is 80.5 cm³/mol. The summed E-state index contributed by atoms with van der Waals surface area (Å²) in [7, 11) is 0. The summed E-state index contributed by atoms with van der Waals surface area (Å²) in [4.78, 5) is 5.45. The number of hydrogen-bond acceptors (Lipinski definition) is 3. The lowest BCUT2D eigenvalue weighted by Crippen LogP contribution is -2.43. The van der Waals surface area contributed by atoms with Gasteiger partial charge in [-0.3, -0.25) is 0 Å². The second-order valence-corrected chi connectivity index (χ2v) is 6.90. The minimum Gasteiger partial charge on any atom is -0.313 e. The van der Waals surface area contributed by atoms with Crippen molar-refractivity contribution in [2.45, 2.75) is 51.0 Å². The average molecular weight is 265 g/mol. The molecule has 19 heavy (non-hydrogen) atoms. The molecule has 1 saturated carbocycles. The van der Waals surface area contributed by atoms with E-state index in [-0.39, 0.29) is 0 Å². The molecule has 3 rings (SSSR count). The molecule has 1 N–H and O–H groups in total. The molecular formula is C16H31N3. The highest BCUT2D eigenvalue weighted by Gasteiger charge is 2.26. The van der Waals surface area contributed by atoms with Gasteiger partial charge in [-0.15, -0.1) is 0 Å². The molecule has 2 heterocycles. The number of likely N-dealkylation sites (tertiary alicyclic amines) is 1. The molecule has 1 atom stereocenters. The van der Waals surface area contributed by atoms with Crippen molar-refractivity contribution in [2.75, 3.05) is 45.8 Å². The maximum atomic E-state index is 3.66. The van der Waals surface area contributed by atoms with Gasteiger partial charge in [-0.05, 0) is 64.1 Å². The summed E-state index contributed by atoms with van der Waals surface area (Å²) in [6, 6.07) is 0.778. The molecule has 0 spiro atoms. The van der Waals surface area contributed by atoms with Crippen molar-refractivity contribution in [3.05, 3.63) is 0 Å². The van der Waals surface area contributed by atoms with E-state index >= 15 is 0 Å². The molecule has 3 fully saturated rings. The molecule has 0 aromatic heterocycles. The second-order valence-electron chi connectivity index (χ2n) is 6.90. The van der Waals surface area contributed by atoms with Gasteiger partial charge >= 0.3 is 0 Å². The standard InChI is InChI=1S/C16H31N3/c1-2-9-18(10-3-1)11-12-19(13-15-6-7-15)14-16-5-4-8-17-16/h15-17H,1-14H2. The Hall–Kier alpha value is -0.120. The average Bonchev–Trinajstić information content (AvgIpc) is 3.11. The molecule has 110 valence electrons. The molecule has 0 radical (unpaired) electrons. The van der Waals surface area contributed by atoms with Gasteiger partial charge in [0.25, 0.3) is 0 Å². The first-order valence-corrected chi connectivity index (χ1v) is 8.58. The Kier molecular flexibility index (Phi) is 5.14. The highest BCUT2D eigenvalue weighted by Crippen LogP contribution is 2.29. The summed E-state index contributed by atoms with van der Waals surface area (Å²) in [5.41, 5.74) is 0. The fraction of sp³-hybridized carbons (Fsp3) is 1.00. The molecule has 2 saturated heterocycles. The summed E-state index contributed by atoms with van der Waals surface area (Å²) in [5.74, 6) is 1.03. The zero-order valence-electron chi connectivity index (χ0n) is 12.4. The maximum Gasteiger partial charge on any atom is 0.0195 e. The smallest absolute Gasteiger partial charge is 0.0195 e. The van der Waals surface area contributed by atoms with E-state index in [1.54, 1.807) is 0 Å². The highest BCUT2D eigenvalue weighted by molar-refractivity contribution is 4.83. The van der Waals surface area contributed by atoms with Crippen molar-refractivity contribution in [1.82, 2.24) is 15.1 Å². The van der Waals surface area contributed by atoms with Gasteiger partial charge in [0.1, 0.15) is 0 Å². The number of nitrogens with one attached hydrogen (secondary N) is 1. The molecule has 0 aromatic carbocycles. The topological polar surface area (TPSA) is 18.5 Å². The van der Waals surface area contributed by atoms with Crippen LogP contribution in [-0.2, 0) is 0 Å². The van der Waals surface area contributed by atoms with Gasteiger partial charge in [0.05, 0.1) is 0 Å². The van der Waals surface area contributed by atoms with E-state index in [4.69, 9.17) is 0 Å². The Balaban J connectivity index is 1.41. The Bertz CT molecular complexity index is 253. The van der Waals surface area contributed by atoms with Gasteiger partial charge in [0.15, 0.2) is 0 Å². The predicted octanol–water partition coefficient (Wildman–Crippen LogP) is 1.94. The summed E-state index contributed by atoms with van der Waals surface area (Å²) in [5, 5.41) is 3.66. The summed E-state index contributed by atoms with van der Waals surface area (Å²) < 4.78 is 0. The molecule has 1 aliphatic carbocycles. The molecule has 3 aliphatic rings. The van der Waals surface area contributed by atoms with E-state index < -0.39 is 0 Å². The van der Waals surface area contributed by atoms with Crippen LogP contribution in [0, 0.1) is 5.92 Å². The third kappa shape index (κ3) is 4.73. The minimum absolute atomic E-state index is 0.778. The molecule has 0 aromatic rings. The maximum absolute atomic E-state index is 3.66. The highest BCUT2D eigenvalue weighted by atomic mass is 15.2. The first kappa shape index (κ1) is 13.8. The molecule has 1 unspecified atom stereocenters. The van der Waals surface area contributed by atoms with Crippen molar-refractivity contribution < 1.29 is 0 Å². The van der Waals surface area contributed by atoms with Crippen molar-refractivity contribution in [3.8, 4) is 0 Å². The fourth-order valence-electron chi connectivity index (χ4n) is 3.61. The summed E-state index contributed by atoms with van der Waals surface area (Å²) in [6.45, 7) is 9.20. The lowest BCUT2D eigenvalue weighted by Gasteiger charge is -2.31. The van der Waals surface area contributed by atoms with Crippen LogP contribution in [0.5, 0.6) is 0 Å². The second kappa shape index (κ2) is 7.05. The minimum atomic E-state index is 0.778. The van der Waals surface area contributed by atoms with Crippen molar-refractivity contribution >= 4 is 0 Å². The van der Waals surface area contributed by atoms with Gasteiger partial charge in [-0.1, -0.05) is 6.42 Å². The molecule has 3 heteroatoms. The largest absolute Gasteiger partial charge is 0.313 e. The van der Waals surface area contributed by atoms with Crippen LogP contribution in [0.25, 0.3) is 0 Å². The Labute approximate surface area is 118 Å². The summed E-state index contributed by atoms with van der Waals surface area (Å²) >= 11 is 0. The molecule has 2 aliphatic heterocycles. The quantitative estimate of drug-likeness (QED) is 0.759. The summed E-state index contributed by atoms with van der Waals surface area (Å²) in [6.07, 6.45) is 10.0. The fourth-order valence-corrected chi connectivity index (χ4v) is 3.61. The van der Waals surface area contributed by atoms with Crippen LogP contribution in [0.1, 0.15) is 44.9 Å². The number of nitrogens with zero attached hydrogens (tertiary/aromatic N) is 2. The zero-order chi connectivity index (χ0) is 12.9. The van der Waals surface area contributed by atoms with Crippen LogP contribution in [0.4, 0.5) is 0 Å². The number of hydrogen-bond donors (Lipinski definition) is 1.